The van der Waals surface area contributed by atoms with Crippen LogP contribution in [-0.2, 0) is 6.61 Å². The molecule has 0 saturated heterocycles. The summed E-state index contributed by atoms with van der Waals surface area (Å²) in [6.07, 6.45) is 0. The summed E-state index contributed by atoms with van der Waals surface area (Å²) >= 11 is 3.52. The van der Waals surface area contributed by atoms with Crippen molar-refractivity contribution in [2.45, 2.75) is 33.3 Å². The van der Waals surface area contributed by atoms with Crippen molar-refractivity contribution < 1.29 is 19.1 Å². The Morgan fingerprint density at radius 2 is 2.10 bits per heavy atom. The lowest BCUT2D eigenvalue weighted by Crippen LogP contribution is -2.00. The molecule has 1 N–H and O–H groups in total. The summed E-state index contributed by atoms with van der Waals surface area (Å²) in [6, 6.07) is 7.07. The second-order valence-corrected chi connectivity index (χ2v) is 6.01. The molecular weight excluding hydrogens is 336 g/mol. The van der Waals surface area contributed by atoms with Gasteiger partial charge in [-0.05, 0) is 48.2 Å². The summed E-state index contributed by atoms with van der Waals surface area (Å²) in [5.41, 5.74) is 2.18. The van der Waals surface area contributed by atoms with Crippen molar-refractivity contribution in [1.82, 2.24) is 0 Å². The van der Waals surface area contributed by atoms with Gasteiger partial charge in [-0.15, -0.1) is 0 Å². The molecule has 21 heavy (non-hydrogen) atoms. The van der Waals surface area contributed by atoms with Crippen molar-refractivity contribution in [1.29, 1.82) is 0 Å². The maximum Gasteiger partial charge on any atom is 0.371 e. The fraction of sp³-hybridized carbons (Fsp3) is 0.312. The molecular formula is C16H17BrO4. The summed E-state index contributed by atoms with van der Waals surface area (Å²) in [6.45, 7) is 6.39. The van der Waals surface area contributed by atoms with Crippen molar-refractivity contribution in [2.24, 2.45) is 0 Å². The van der Waals surface area contributed by atoms with Crippen LogP contribution >= 0.6 is 15.9 Å². The molecule has 4 nitrogen and oxygen atoms in total. The van der Waals surface area contributed by atoms with Gasteiger partial charge < -0.3 is 14.3 Å². The first-order chi connectivity index (χ1) is 9.88. The third-order valence-electron chi connectivity index (χ3n) is 3.16. The SMILES string of the molecule is Cc1cc(OCc2ccc(C(=O)O)o2)c(C(C)C)cc1Br. The number of carboxylic acid groups (broad SMARTS) is 1. The lowest BCUT2D eigenvalue weighted by atomic mass is 10.0. The van der Waals surface area contributed by atoms with E-state index in [2.05, 4.69) is 35.8 Å². The van der Waals surface area contributed by atoms with Gasteiger partial charge in [0.15, 0.2) is 0 Å². The number of carboxylic acids is 1. The van der Waals surface area contributed by atoms with Crippen LogP contribution in [-0.4, -0.2) is 11.1 Å². The summed E-state index contributed by atoms with van der Waals surface area (Å²) < 4.78 is 12.0. The minimum Gasteiger partial charge on any atom is -0.485 e. The zero-order valence-electron chi connectivity index (χ0n) is 12.1. The molecule has 0 aliphatic heterocycles. The van der Waals surface area contributed by atoms with Crippen molar-refractivity contribution in [3.8, 4) is 5.75 Å². The number of carbonyl (C=O) groups is 1. The second-order valence-electron chi connectivity index (χ2n) is 5.15. The third kappa shape index (κ3) is 3.67. The molecule has 0 atom stereocenters. The average molecular weight is 353 g/mol. The smallest absolute Gasteiger partial charge is 0.371 e. The van der Waals surface area contributed by atoms with E-state index in [1.165, 1.54) is 6.07 Å². The topological polar surface area (TPSA) is 59.7 Å². The van der Waals surface area contributed by atoms with Crippen LogP contribution in [0.25, 0.3) is 0 Å². The molecule has 0 aliphatic rings. The predicted octanol–water partition coefficient (Wildman–Crippen LogP) is 4.75. The van der Waals surface area contributed by atoms with E-state index >= 15 is 0 Å². The summed E-state index contributed by atoms with van der Waals surface area (Å²) in [5.74, 6) is 0.443. The van der Waals surface area contributed by atoms with Crippen LogP contribution in [0, 0.1) is 6.92 Å². The lowest BCUT2D eigenvalue weighted by Gasteiger charge is -2.15. The molecule has 2 aromatic rings. The number of halogens is 1. The molecule has 0 bridgehead atoms. The zero-order chi connectivity index (χ0) is 15.6. The van der Waals surface area contributed by atoms with Gasteiger partial charge >= 0.3 is 5.97 Å². The number of benzene rings is 1. The van der Waals surface area contributed by atoms with E-state index in [9.17, 15) is 4.79 Å². The second kappa shape index (κ2) is 6.35. The molecule has 112 valence electrons. The van der Waals surface area contributed by atoms with Gasteiger partial charge in [0, 0.05) is 4.47 Å². The van der Waals surface area contributed by atoms with Crippen LogP contribution in [0.3, 0.4) is 0 Å². The van der Waals surface area contributed by atoms with Crippen LogP contribution in [0.2, 0.25) is 0 Å². The highest BCUT2D eigenvalue weighted by Crippen LogP contribution is 2.32. The maximum atomic E-state index is 10.8. The van der Waals surface area contributed by atoms with Gasteiger partial charge in [-0.1, -0.05) is 29.8 Å². The number of ether oxygens (including phenoxy) is 1. The highest BCUT2D eigenvalue weighted by atomic mass is 79.9. The largest absolute Gasteiger partial charge is 0.485 e. The predicted molar refractivity (Wildman–Crippen MR) is 83.0 cm³/mol. The fourth-order valence-electron chi connectivity index (χ4n) is 1.97. The Labute approximate surface area is 131 Å². The van der Waals surface area contributed by atoms with E-state index < -0.39 is 5.97 Å². The van der Waals surface area contributed by atoms with Crippen LogP contribution in [0.4, 0.5) is 0 Å². The molecule has 0 spiro atoms. The molecule has 1 aromatic carbocycles. The first-order valence-corrected chi connectivity index (χ1v) is 7.42. The third-order valence-corrected chi connectivity index (χ3v) is 4.01. The Bertz CT molecular complexity index is 658. The Balaban J connectivity index is 2.18. The molecule has 5 heteroatoms. The van der Waals surface area contributed by atoms with Crippen LogP contribution in [0.1, 0.15) is 47.2 Å². The van der Waals surface area contributed by atoms with Crippen molar-refractivity contribution >= 4 is 21.9 Å². The lowest BCUT2D eigenvalue weighted by molar-refractivity contribution is 0.0658. The monoisotopic (exact) mass is 352 g/mol. The van der Waals surface area contributed by atoms with Gasteiger partial charge in [-0.25, -0.2) is 4.79 Å². The number of hydrogen-bond donors (Lipinski definition) is 1. The van der Waals surface area contributed by atoms with Gasteiger partial charge in [0.05, 0.1) is 0 Å². The van der Waals surface area contributed by atoms with Gasteiger partial charge in [0.2, 0.25) is 5.76 Å². The average Bonchev–Trinajstić information content (AvgIpc) is 2.88. The van der Waals surface area contributed by atoms with Crippen molar-refractivity contribution in [2.75, 3.05) is 0 Å². The molecule has 0 unspecified atom stereocenters. The minimum absolute atomic E-state index is 0.0790. The first-order valence-electron chi connectivity index (χ1n) is 6.63. The standard InChI is InChI=1S/C16H17BrO4/c1-9(2)12-7-13(17)10(3)6-15(12)20-8-11-4-5-14(21-11)16(18)19/h4-7,9H,8H2,1-3H3,(H,18,19). The number of hydrogen-bond acceptors (Lipinski definition) is 3. The van der Waals surface area contributed by atoms with Gasteiger partial charge in [0.1, 0.15) is 18.1 Å². The minimum atomic E-state index is -1.08. The first kappa shape index (κ1) is 15.6. The number of aromatic carboxylic acids is 1. The fourth-order valence-corrected chi connectivity index (χ4v) is 2.33. The number of rotatable bonds is 5. The van der Waals surface area contributed by atoms with Crippen molar-refractivity contribution in [3.63, 3.8) is 0 Å². The van der Waals surface area contributed by atoms with E-state index in [1.807, 2.05) is 13.0 Å². The van der Waals surface area contributed by atoms with E-state index in [1.54, 1.807) is 6.07 Å². The highest BCUT2D eigenvalue weighted by molar-refractivity contribution is 9.10. The molecule has 2 rings (SSSR count). The van der Waals surface area contributed by atoms with E-state index in [0.717, 1.165) is 21.3 Å². The Hall–Kier alpha value is -1.75. The molecule has 1 aromatic heterocycles. The van der Waals surface area contributed by atoms with E-state index in [4.69, 9.17) is 14.3 Å². The van der Waals surface area contributed by atoms with Crippen LogP contribution < -0.4 is 4.74 Å². The zero-order valence-corrected chi connectivity index (χ0v) is 13.7. The van der Waals surface area contributed by atoms with E-state index in [0.29, 0.717) is 11.7 Å². The highest BCUT2D eigenvalue weighted by Gasteiger charge is 2.13. The van der Waals surface area contributed by atoms with Crippen LogP contribution in [0.15, 0.2) is 33.2 Å². The molecule has 0 fully saturated rings. The Morgan fingerprint density at radius 1 is 1.38 bits per heavy atom. The Kier molecular flexibility index (Phi) is 4.73. The Morgan fingerprint density at radius 3 is 2.67 bits per heavy atom. The number of furan rings is 1. The van der Waals surface area contributed by atoms with Crippen molar-refractivity contribution in [3.05, 3.63) is 51.4 Å². The van der Waals surface area contributed by atoms with Crippen LogP contribution in [0.5, 0.6) is 5.75 Å². The molecule has 1 heterocycles. The molecule has 0 radical (unpaired) electrons. The molecule has 0 amide bonds. The summed E-state index contributed by atoms with van der Waals surface area (Å²) in [7, 11) is 0. The molecule has 0 aliphatic carbocycles. The number of aryl methyl sites for hydroxylation is 1. The van der Waals surface area contributed by atoms with Gasteiger partial charge in [0.25, 0.3) is 0 Å². The van der Waals surface area contributed by atoms with Gasteiger partial charge in [-0.2, -0.15) is 0 Å². The summed E-state index contributed by atoms with van der Waals surface area (Å²) in [5, 5.41) is 8.83. The molecule has 0 saturated carbocycles. The van der Waals surface area contributed by atoms with Gasteiger partial charge in [-0.3, -0.25) is 0 Å². The maximum absolute atomic E-state index is 10.8. The normalized spacial score (nSPS) is 10.9. The summed E-state index contributed by atoms with van der Waals surface area (Å²) in [4.78, 5) is 10.8. The quantitative estimate of drug-likeness (QED) is 0.843. The van der Waals surface area contributed by atoms with E-state index in [-0.39, 0.29) is 12.4 Å².